The Kier molecular flexibility index (Phi) is 5.41. The molecule has 1 aromatic heterocycles. The van der Waals surface area contributed by atoms with E-state index in [2.05, 4.69) is 10.4 Å². The summed E-state index contributed by atoms with van der Waals surface area (Å²) in [6.07, 6.45) is 2.55. The summed E-state index contributed by atoms with van der Waals surface area (Å²) in [5.41, 5.74) is 1.94. The van der Waals surface area contributed by atoms with Crippen molar-refractivity contribution in [2.75, 3.05) is 13.2 Å². The molecule has 144 valence electrons. The highest BCUT2D eigenvalue weighted by Gasteiger charge is 2.13. The van der Waals surface area contributed by atoms with Crippen molar-refractivity contribution in [1.29, 1.82) is 0 Å². The molecule has 0 saturated carbocycles. The van der Waals surface area contributed by atoms with Gasteiger partial charge in [-0.2, -0.15) is 5.10 Å². The summed E-state index contributed by atoms with van der Waals surface area (Å²) in [6.45, 7) is 1.62. The van der Waals surface area contributed by atoms with E-state index in [1.54, 1.807) is 35.1 Å². The lowest BCUT2D eigenvalue weighted by Crippen LogP contribution is -2.23. The van der Waals surface area contributed by atoms with E-state index in [0.717, 1.165) is 23.4 Å². The number of nitrogens with one attached hydrogen (secondary N) is 1. The van der Waals surface area contributed by atoms with Crippen molar-refractivity contribution in [3.8, 4) is 17.2 Å². The SMILES string of the molecule is O=C(NCc1ccc2c(c1)OCCCO2)c1ccn(-c2ccc(Cl)c(Cl)c2)n1. The van der Waals surface area contributed by atoms with E-state index in [4.69, 9.17) is 32.7 Å². The minimum Gasteiger partial charge on any atom is -0.490 e. The smallest absolute Gasteiger partial charge is 0.272 e. The molecule has 1 aliphatic rings. The lowest BCUT2D eigenvalue weighted by Gasteiger charge is -2.10. The van der Waals surface area contributed by atoms with Gasteiger partial charge in [-0.1, -0.05) is 29.3 Å². The lowest BCUT2D eigenvalue weighted by molar-refractivity contribution is 0.0945. The number of hydrogen-bond donors (Lipinski definition) is 1. The van der Waals surface area contributed by atoms with Crippen LogP contribution in [-0.2, 0) is 6.54 Å². The number of carbonyl (C=O) groups is 1. The summed E-state index contributed by atoms with van der Waals surface area (Å²) in [6, 6.07) is 12.5. The van der Waals surface area contributed by atoms with Gasteiger partial charge >= 0.3 is 0 Å². The van der Waals surface area contributed by atoms with Gasteiger partial charge in [0.15, 0.2) is 17.2 Å². The molecule has 0 saturated heterocycles. The van der Waals surface area contributed by atoms with E-state index >= 15 is 0 Å². The monoisotopic (exact) mass is 417 g/mol. The molecular formula is C20H17Cl2N3O3. The number of nitrogens with zero attached hydrogens (tertiary/aromatic N) is 2. The van der Waals surface area contributed by atoms with Crippen molar-refractivity contribution in [1.82, 2.24) is 15.1 Å². The number of aromatic nitrogens is 2. The molecule has 0 radical (unpaired) electrons. The van der Waals surface area contributed by atoms with E-state index in [1.807, 2.05) is 18.2 Å². The maximum Gasteiger partial charge on any atom is 0.272 e. The molecule has 2 heterocycles. The van der Waals surface area contributed by atoms with Crippen molar-refractivity contribution in [3.63, 3.8) is 0 Å². The van der Waals surface area contributed by atoms with Gasteiger partial charge in [-0.3, -0.25) is 4.79 Å². The van der Waals surface area contributed by atoms with E-state index in [-0.39, 0.29) is 5.91 Å². The molecule has 1 N–H and O–H groups in total. The average molecular weight is 418 g/mol. The fraction of sp³-hybridized carbons (Fsp3) is 0.200. The molecule has 0 spiro atoms. The minimum atomic E-state index is -0.272. The van der Waals surface area contributed by atoms with Crippen LogP contribution in [0.2, 0.25) is 10.0 Å². The largest absolute Gasteiger partial charge is 0.490 e. The van der Waals surface area contributed by atoms with Crippen LogP contribution in [-0.4, -0.2) is 28.9 Å². The van der Waals surface area contributed by atoms with Gasteiger partial charge in [0, 0.05) is 19.2 Å². The van der Waals surface area contributed by atoms with Crippen LogP contribution in [0.4, 0.5) is 0 Å². The molecule has 0 aliphatic carbocycles. The van der Waals surface area contributed by atoms with E-state index in [1.165, 1.54) is 0 Å². The molecule has 1 amide bonds. The highest BCUT2D eigenvalue weighted by Crippen LogP contribution is 2.30. The third kappa shape index (κ3) is 4.08. The average Bonchev–Trinajstić information content (AvgIpc) is 3.08. The second-order valence-corrected chi connectivity index (χ2v) is 7.07. The summed E-state index contributed by atoms with van der Waals surface area (Å²) in [5.74, 6) is 1.16. The van der Waals surface area contributed by atoms with E-state index in [9.17, 15) is 4.79 Å². The fourth-order valence-electron chi connectivity index (χ4n) is 2.81. The Morgan fingerprint density at radius 1 is 1.04 bits per heavy atom. The number of halogens is 2. The standard InChI is InChI=1S/C20H17Cl2N3O3/c21-15-4-3-14(11-16(15)22)25-7-6-17(24-25)20(26)23-12-13-2-5-18-19(10-13)28-9-1-8-27-18/h2-7,10-11H,1,8-9,12H2,(H,23,26). The number of fused-ring (bicyclic) bond motifs is 1. The molecule has 0 fully saturated rings. The molecule has 0 unspecified atom stereocenters. The van der Waals surface area contributed by atoms with Gasteiger partial charge in [0.05, 0.1) is 28.9 Å². The maximum atomic E-state index is 12.4. The molecular weight excluding hydrogens is 401 g/mol. The first-order chi connectivity index (χ1) is 13.6. The summed E-state index contributed by atoms with van der Waals surface area (Å²) < 4.78 is 12.9. The zero-order valence-corrected chi connectivity index (χ0v) is 16.3. The number of ether oxygens (including phenoxy) is 2. The number of carbonyl (C=O) groups excluding carboxylic acids is 1. The molecule has 2 aromatic carbocycles. The van der Waals surface area contributed by atoms with Crippen molar-refractivity contribution in [3.05, 3.63) is 70.0 Å². The topological polar surface area (TPSA) is 65.4 Å². The van der Waals surface area contributed by atoms with Crippen LogP contribution in [0.5, 0.6) is 11.5 Å². The highest BCUT2D eigenvalue weighted by molar-refractivity contribution is 6.42. The van der Waals surface area contributed by atoms with Crippen molar-refractivity contribution < 1.29 is 14.3 Å². The second-order valence-electron chi connectivity index (χ2n) is 6.26. The van der Waals surface area contributed by atoms with Crippen LogP contribution in [0.3, 0.4) is 0 Å². The van der Waals surface area contributed by atoms with Gasteiger partial charge < -0.3 is 14.8 Å². The molecule has 1 aliphatic heterocycles. The fourth-order valence-corrected chi connectivity index (χ4v) is 3.10. The van der Waals surface area contributed by atoms with Crippen LogP contribution in [0.15, 0.2) is 48.7 Å². The predicted octanol–water partition coefficient (Wildman–Crippen LogP) is 4.27. The Morgan fingerprint density at radius 3 is 2.68 bits per heavy atom. The Hall–Kier alpha value is -2.70. The van der Waals surface area contributed by atoms with Crippen LogP contribution in [0.1, 0.15) is 22.5 Å². The van der Waals surface area contributed by atoms with Crippen molar-refractivity contribution >= 4 is 29.1 Å². The third-order valence-electron chi connectivity index (χ3n) is 4.25. The van der Waals surface area contributed by atoms with Crippen molar-refractivity contribution in [2.24, 2.45) is 0 Å². The molecule has 28 heavy (non-hydrogen) atoms. The van der Waals surface area contributed by atoms with Gasteiger partial charge in [0.1, 0.15) is 0 Å². The number of amides is 1. The first-order valence-electron chi connectivity index (χ1n) is 8.78. The first kappa shape index (κ1) is 18.7. The van der Waals surface area contributed by atoms with E-state index in [0.29, 0.717) is 41.2 Å². The van der Waals surface area contributed by atoms with Gasteiger partial charge in [0.25, 0.3) is 5.91 Å². The Bertz CT molecular complexity index is 1020. The second kappa shape index (κ2) is 8.12. The first-order valence-corrected chi connectivity index (χ1v) is 9.53. The Morgan fingerprint density at radius 2 is 1.86 bits per heavy atom. The molecule has 6 nitrogen and oxygen atoms in total. The van der Waals surface area contributed by atoms with Gasteiger partial charge in [0.2, 0.25) is 0 Å². The summed E-state index contributed by atoms with van der Waals surface area (Å²) in [7, 11) is 0. The van der Waals surface area contributed by atoms with Gasteiger partial charge in [-0.05, 0) is 42.0 Å². The number of hydrogen-bond acceptors (Lipinski definition) is 4. The Labute approximate surface area is 172 Å². The molecule has 0 atom stereocenters. The predicted molar refractivity (Wildman–Crippen MR) is 107 cm³/mol. The molecule has 4 rings (SSSR count). The number of rotatable bonds is 4. The van der Waals surface area contributed by atoms with Crippen LogP contribution in [0.25, 0.3) is 5.69 Å². The summed E-state index contributed by atoms with van der Waals surface area (Å²) in [4.78, 5) is 12.4. The zero-order valence-electron chi connectivity index (χ0n) is 14.8. The highest BCUT2D eigenvalue weighted by atomic mass is 35.5. The van der Waals surface area contributed by atoms with Crippen LogP contribution < -0.4 is 14.8 Å². The van der Waals surface area contributed by atoms with Crippen LogP contribution >= 0.6 is 23.2 Å². The van der Waals surface area contributed by atoms with Crippen LogP contribution in [0, 0.1) is 0 Å². The molecule has 3 aromatic rings. The lowest BCUT2D eigenvalue weighted by atomic mass is 10.2. The zero-order chi connectivity index (χ0) is 19.5. The quantitative estimate of drug-likeness (QED) is 0.688. The summed E-state index contributed by atoms with van der Waals surface area (Å²) >= 11 is 12.0. The number of benzene rings is 2. The Balaban J connectivity index is 1.42. The third-order valence-corrected chi connectivity index (χ3v) is 4.99. The van der Waals surface area contributed by atoms with Gasteiger partial charge in [-0.15, -0.1) is 0 Å². The van der Waals surface area contributed by atoms with Crippen molar-refractivity contribution in [2.45, 2.75) is 13.0 Å². The molecule has 0 bridgehead atoms. The van der Waals surface area contributed by atoms with Gasteiger partial charge in [-0.25, -0.2) is 4.68 Å². The molecule has 8 heteroatoms. The normalized spacial score (nSPS) is 13.1. The van der Waals surface area contributed by atoms with E-state index < -0.39 is 0 Å². The minimum absolute atomic E-state index is 0.272. The maximum absolute atomic E-state index is 12.4. The summed E-state index contributed by atoms with van der Waals surface area (Å²) in [5, 5.41) is 8.06.